The number of aryl methyl sites for hydroxylation is 1. The molecule has 0 aliphatic carbocycles. The van der Waals surface area contributed by atoms with E-state index in [0.717, 1.165) is 36.4 Å². The third-order valence-electron chi connectivity index (χ3n) is 4.76. The van der Waals surface area contributed by atoms with Crippen molar-refractivity contribution < 1.29 is 17.9 Å². The van der Waals surface area contributed by atoms with Gasteiger partial charge in [0.2, 0.25) is 10.0 Å². The van der Waals surface area contributed by atoms with E-state index in [1.165, 1.54) is 23.9 Å². The molecule has 1 saturated heterocycles. The highest BCUT2D eigenvalue weighted by Crippen LogP contribution is 2.26. The van der Waals surface area contributed by atoms with Gasteiger partial charge in [0.15, 0.2) is 0 Å². The Bertz CT molecular complexity index is 970. The molecular weight excluding hydrogens is 408 g/mol. The van der Waals surface area contributed by atoms with Gasteiger partial charge in [-0.05, 0) is 61.9 Å². The molecule has 0 atom stereocenters. The maximum Gasteiger partial charge on any atom is 0.255 e. The van der Waals surface area contributed by atoms with Crippen LogP contribution in [-0.2, 0) is 10.0 Å². The topological polar surface area (TPSA) is 75.7 Å². The van der Waals surface area contributed by atoms with Crippen molar-refractivity contribution in [2.75, 3.05) is 32.5 Å². The smallest absolute Gasteiger partial charge is 0.255 e. The average Bonchev–Trinajstić information content (AvgIpc) is 3.25. The van der Waals surface area contributed by atoms with Crippen LogP contribution in [0.3, 0.4) is 0 Å². The molecule has 0 bridgehead atoms. The number of nitrogens with zero attached hydrogens (tertiary/aromatic N) is 1. The zero-order valence-corrected chi connectivity index (χ0v) is 18.3. The first kappa shape index (κ1) is 21.7. The minimum atomic E-state index is -3.74. The molecule has 2 aromatic rings. The summed E-state index contributed by atoms with van der Waals surface area (Å²) in [6.07, 6.45) is 3.85. The maximum absolute atomic E-state index is 12.8. The number of hydrogen-bond donors (Lipinski definition) is 1. The fourth-order valence-electron chi connectivity index (χ4n) is 3.25. The number of ether oxygens (including phenoxy) is 1. The predicted molar refractivity (Wildman–Crippen MR) is 115 cm³/mol. The van der Waals surface area contributed by atoms with Crippen molar-refractivity contribution >= 4 is 27.7 Å². The summed E-state index contributed by atoms with van der Waals surface area (Å²) in [4.78, 5) is 15.5. The van der Waals surface area contributed by atoms with Gasteiger partial charge in [-0.15, -0.1) is 11.8 Å². The highest BCUT2D eigenvalue weighted by atomic mass is 32.2. The van der Waals surface area contributed by atoms with E-state index in [1.54, 1.807) is 11.0 Å². The molecule has 0 unspecified atom stereocenters. The first-order chi connectivity index (χ1) is 13.9. The van der Waals surface area contributed by atoms with Crippen molar-refractivity contribution in [3.05, 3.63) is 53.6 Å². The second kappa shape index (κ2) is 9.65. The van der Waals surface area contributed by atoms with Gasteiger partial charge in [-0.25, -0.2) is 13.1 Å². The van der Waals surface area contributed by atoms with Crippen molar-refractivity contribution in [3.63, 3.8) is 0 Å². The van der Waals surface area contributed by atoms with Crippen molar-refractivity contribution in [3.8, 4) is 5.75 Å². The van der Waals surface area contributed by atoms with E-state index in [-0.39, 0.29) is 24.0 Å². The van der Waals surface area contributed by atoms with Crippen LogP contribution in [0.5, 0.6) is 5.75 Å². The van der Waals surface area contributed by atoms with Gasteiger partial charge in [0.05, 0.1) is 10.5 Å². The van der Waals surface area contributed by atoms with Crippen LogP contribution in [0.15, 0.2) is 52.3 Å². The number of amides is 1. The molecule has 3 rings (SSSR count). The Morgan fingerprint density at radius 3 is 2.62 bits per heavy atom. The number of benzene rings is 2. The quantitative estimate of drug-likeness (QED) is 0.510. The molecule has 1 amide bonds. The van der Waals surface area contributed by atoms with Crippen LogP contribution in [0, 0.1) is 6.92 Å². The summed E-state index contributed by atoms with van der Waals surface area (Å²) in [5, 5.41) is 0. The van der Waals surface area contributed by atoms with Crippen molar-refractivity contribution in [1.29, 1.82) is 0 Å². The molecule has 1 heterocycles. The summed E-state index contributed by atoms with van der Waals surface area (Å²) in [6, 6.07) is 12.3. The molecule has 1 N–H and O–H groups in total. The van der Waals surface area contributed by atoms with E-state index in [0.29, 0.717) is 11.3 Å². The Balaban J connectivity index is 1.67. The van der Waals surface area contributed by atoms with Crippen LogP contribution < -0.4 is 9.46 Å². The molecule has 2 aromatic carbocycles. The Hall–Kier alpha value is -2.03. The standard InChI is InChI=1S/C21H26N2O4S2/c1-16-6-5-7-17(14-16)27-13-10-22-29(25,26)18-8-9-20(28-2)19(15-18)21(24)23-11-3-4-12-23/h5-9,14-15,22H,3-4,10-13H2,1-2H3. The molecule has 156 valence electrons. The molecule has 0 radical (unpaired) electrons. The third kappa shape index (κ3) is 5.52. The number of thioether (sulfide) groups is 1. The Kier molecular flexibility index (Phi) is 7.21. The van der Waals surface area contributed by atoms with Gasteiger partial charge in [0.25, 0.3) is 5.91 Å². The van der Waals surface area contributed by atoms with Crippen LogP contribution in [0.1, 0.15) is 28.8 Å². The Morgan fingerprint density at radius 1 is 1.17 bits per heavy atom. The lowest BCUT2D eigenvalue weighted by Gasteiger charge is -2.18. The Morgan fingerprint density at radius 2 is 1.93 bits per heavy atom. The number of likely N-dealkylation sites (tertiary alicyclic amines) is 1. The number of carbonyl (C=O) groups is 1. The number of sulfonamides is 1. The largest absolute Gasteiger partial charge is 0.492 e. The van der Waals surface area contributed by atoms with Crippen molar-refractivity contribution in [2.45, 2.75) is 29.6 Å². The number of hydrogen-bond acceptors (Lipinski definition) is 5. The molecule has 0 spiro atoms. The third-order valence-corrected chi connectivity index (χ3v) is 7.01. The summed E-state index contributed by atoms with van der Waals surface area (Å²) in [7, 11) is -3.74. The molecule has 8 heteroatoms. The lowest BCUT2D eigenvalue weighted by molar-refractivity contribution is 0.0789. The number of rotatable bonds is 8. The summed E-state index contributed by atoms with van der Waals surface area (Å²) in [5.41, 5.74) is 1.52. The van der Waals surface area contributed by atoms with Crippen molar-refractivity contribution in [1.82, 2.24) is 9.62 Å². The lowest BCUT2D eigenvalue weighted by atomic mass is 10.2. The fourth-order valence-corrected chi connectivity index (χ4v) is 4.85. The van der Waals surface area contributed by atoms with Gasteiger partial charge < -0.3 is 9.64 Å². The van der Waals surface area contributed by atoms with E-state index < -0.39 is 10.0 Å². The molecule has 0 saturated carbocycles. The fraction of sp³-hybridized carbons (Fsp3) is 0.381. The predicted octanol–water partition coefficient (Wildman–Crippen LogP) is 3.31. The van der Waals surface area contributed by atoms with Crippen molar-refractivity contribution in [2.24, 2.45) is 0 Å². The molecule has 6 nitrogen and oxygen atoms in total. The number of nitrogens with one attached hydrogen (secondary N) is 1. The first-order valence-corrected chi connectivity index (χ1v) is 12.3. The average molecular weight is 435 g/mol. The maximum atomic E-state index is 12.8. The first-order valence-electron chi connectivity index (χ1n) is 9.57. The molecule has 29 heavy (non-hydrogen) atoms. The molecule has 1 aliphatic heterocycles. The van der Waals surface area contributed by atoms with Crippen LogP contribution >= 0.6 is 11.8 Å². The van der Waals surface area contributed by atoms with E-state index in [4.69, 9.17) is 4.74 Å². The van der Waals surface area contributed by atoms with Crippen LogP contribution in [0.2, 0.25) is 0 Å². The summed E-state index contributed by atoms with van der Waals surface area (Å²) in [6.45, 7) is 3.76. The summed E-state index contributed by atoms with van der Waals surface area (Å²) >= 11 is 1.44. The SMILES string of the molecule is CSc1ccc(S(=O)(=O)NCCOc2cccc(C)c2)cc1C(=O)N1CCCC1. The summed E-state index contributed by atoms with van der Waals surface area (Å²) < 4.78 is 33.5. The minimum absolute atomic E-state index is 0.0911. The zero-order valence-electron chi connectivity index (χ0n) is 16.7. The second-order valence-corrected chi connectivity index (χ2v) is 9.54. The van der Waals surface area contributed by atoms with Gasteiger partial charge in [0.1, 0.15) is 12.4 Å². The highest BCUT2D eigenvalue weighted by Gasteiger charge is 2.24. The van der Waals surface area contributed by atoms with E-state index in [1.807, 2.05) is 37.4 Å². The van der Waals surface area contributed by atoms with Gasteiger partial charge in [-0.2, -0.15) is 0 Å². The minimum Gasteiger partial charge on any atom is -0.492 e. The lowest BCUT2D eigenvalue weighted by Crippen LogP contribution is -2.30. The van der Waals surface area contributed by atoms with Crippen LogP contribution in [0.4, 0.5) is 0 Å². The van der Waals surface area contributed by atoms with Crippen LogP contribution in [0.25, 0.3) is 0 Å². The van der Waals surface area contributed by atoms with Gasteiger partial charge >= 0.3 is 0 Å². The second-order valence-electron chi connectivity index (χ2n) is 6.92. The Labute approximate surface area is 176 Å². The van der Waals surface area contributed by atoms with Gasteiger partial charge in [-0.3, -0.25) is 4.79 Å². The zero-order chi connectivity index (χ0) is 20.9. The molecule has 1 fully saturated rings. The highest BCUT2D eigenvalue weighted by molar-refractivity contribution is 7.98. The molecule has 0 aromatic heterocycles. The monoisotopic (exact) mass is 434 g/mol. The van der Waals surface area contributed by atoms with E-state index in [9.17, 15) is 13.2 Å². The van der Waals surface area contributed by atoms with E-state index in [2.05, 4.69) is 4.72 Å². The van der Waals surface area contributed by atoms with Crippen LogP contribution in [-0.4, -0.2) is 51.7 Å². The molecular formula is C21H26N2O4S2. The van der Waals surface area contributed by atoms with Gasteiger partial charge in [0, 0.05) is 24.5 Å². The normalized spacial score (nSPS) is 14.2. The van der Waals surface area contributed by atoms with Gasteiger partial charge in [-0.1, -0.05) is 12.1 Å². The molecule has 1 aliphatic rings. The number of carbonyl (C=O) groups excluding carboxylic acids is 1. The summed E-state index contributed by atoms with van der Waals surface area (Å²) in [5.74, 6) is 0.596. The van der Waals surface area contributed by atoms with E-state index >= 15 is 0 Å².